The molecule has 4 aliphatic rings. The van der Waals surface area contributed by atoms with Gasteiger partial charge in [-0.05, 0) is 78.4 Å². The molecule has 0 saturated heterocycles. The van der Waals surface area contributed by atoms with Gasteiger partial charge in [0.1, 0.15) is 0 Å². The molecule has 2 spiro atoms. The largest absolute Gasteiger partial charge is 0.0776 e. The van der Waals surface area contributed by atoms with Gasteiger partial charge in [0.2, 0.25) is 0 Å². The predicted molar refractivity (Wildman–Crippen MR) is 104 cm³/mol. The van der Waals surface area contributed by atoms with E-state index in [4.69, 9.17) is 0 Å². The Balaban J connectivity index is 0.000000617. The molecule has 0 radical (unpaired) electrons. The maximum absolute atomic E-state index is 2.65. The van der Waals surface area contributed by atoms with E-state index in [9.17, 15) is 0 Å². The second-order valence-electron chi connectivity index (χ2n) is 9.27. The molecule has 0 aromatic carbocycles. The SMILES string of the molecule is C.CC.CCC1C(C)(C(C)C)CCC2C34CCCCC3CCC124. The van der Waals surface area contributed by atoms with Crippen LogP contribution in [0.25, 0.3) is 0 Å². The maximum atomic E-state index is 2.65. The van der Waals surface area contributed by atoms with Gasteiger partial charge in [-0.25, -0.2) is 0 Å². The van der Waals surface area contributed by atoms with Crippen LogP contribution in [-0.4, -0.2) is 0 Å². The smallest absolute Gasteiger partial charge is 0.0168 e. The fourth-order valence-corrected chi connectivity index (χ4v) is 8.30. The molecule has 4 aliphatic carbocycles. The molecule has 6 unspecified atom stereocenters. The lowest BCUT2D eigenvalue weighted by atomic mass is 9.55. The van der Waals surface area contributed by atoms with Gasteiger partial charge in [0.25, 0.3) is 0 Å². The molecule has 0 amide bonds. The second kappa shape index (κ2) is 6.38. The summed E-state index contributed by atoms with van der Waals surface area (Å²) in [6.07, 6.45) is 14.0. The van der Waals surface area contributed by atoms with E-state index in [1.165, 1.54) is 19.3 Å². The lowest BCUT2D eigenvalue weighted by Crippen LogP contribution is -2.42. The zero-order valence-corrected chi connectivity index (χ0v) is 16.2. The van der Waals surface area contributed by atoms with E-state index in [0.29, 0.717) is 5.41 Å². The third kappa shape index (κ3) is 2.08. The van der Waals surface area contributed by atoms with E-state index < -0.39 is 0 Å². The summed E-state index contributed by atoms with van der Waals surface area (Å²) >= 11 is 0. The van der Waals surface area contributed by atoms with Crippen molar-refractivity contribution in [2.75, 3.05) is 0 Å². The molecule has 0 aromatic rings. The van der Waals surface area contributed by atoms with Crippen molar-refractivity contribution in [1.29, 1.82) is 0 Å². The lowest BCUT2D eigenvalue weighted by Gasteiger charge is -2.49. The van der Waals surface area contributed by atoms with Crippen LogP contribution in [0.3, 0.4) is 0 Å². The minimum Gasteiger partial charge on any atom is -0.0776 e. The lowest BCUT2D eigenvalue weighted by molar-refractivity contribution is -0.00458. The molecular weight excluding hydrogens is 276 g/mol. The Morgan fingerprint density at radius 2 is 1.61 bits per heavy atom. The Hall–Kier alpha value is 0. The van der Waals surface area contributed by atoms with Crippen LogP contribution in [0.4, 0.5) is 0 Å². The number of hydrogen-bond acceptors (Lipinski definition) is 0. The van der Waals surface area contributed by atoms with Crippen molar-refractivity contribution in [3.8, 4) is 0 Å². The van der Waals surface area contributed by atoms with Crippen molar-refractivity contribution >= 4 is 0 Å². The molecular formula is C23H44. The first-order valence-electron chi connectivity index (χ1n) is 10.5. The van der Waals surface area contributed by atoms with Gasteiger partial charge in [-0.3, -0.25) is 0 Å². The predicted octanol–water partition coefficient (Wildman–Crippen LogP) is 7.72. The molecule has 0 bridgehead atoms. The standard InChI is InChI=1S/C20H34.C2H6.CH4/c1-5-16-18(4,14(2)3)12-10-17-19-11-7-6-8-15(19)9-13-20(16,17)19;1-2;/h14-17H,5-13H2,1-4H3;1-2H3;1H4. The molecule has 0 nitrogen and oxygen atoms in total. The quantitative estimate of drug-likeness (QED) is 0.488. The summed E-state index contributed by atoms with van der Waals surface area (Å²) in [6, 6.07) is 0. The topological polar surface area (TPSA) is 0 Å². The Labute approximate surface area is 147 Å². The van der Waals surface area contributed by atoms with Gasteiger partial charge < -0.3 is 0 Å². The highest BCUT2D eigenvalue weighted by molar-refractivity contribution is 5.32. The molecule has 0 aromatic heterocycles. The van der Waals surface area contributed by atoms with Crippen molar-refractivity contribution in [1.82, 2.24) is 0 Å². The van der Waals surface area contributed by atoms with Crippen LogP contribution in [-0.2, 0) is 0 Å². The summed E-state index contributed by atoms with van der Waals surface area (Å²) in [6.45, 7) is 14.2. The highest BCUT2D eigenvalue weighted by Gasteiger charge is 2.84. The molecule has 0 heterocycles. The van der Waals surface area contributed by atoms with Crippen molar-refractivity contribution in [2.45, 2.75) is 107 Å². The molecule has 0 heteroatoms. The molecule has 6 atom stereocenters. The molecule has 0 aliphatic heterocycles. The third-order valence-electron chi connectivity index (χ3n) is 9.17. The third-order valence-corrected chi connectivity index (χ3v) is 9.17. The summed E-state index contributed by atoms with van der Waals surface area (Å²) in [5.41, 5.74) is 2.28. The maximum Gasteiger partial charge on any atom is -0.0168 e. The normalized spacial score (nSPS) is 50.0. The van der Waals surface area contributed by atoms with Crippen LogP contribution >= 0.6 is 0 Å². The van der Waals surface area contributed by atoms with Crippen molar-refractivity contribution in [2.24, 2.45) is 39.9 Å². The Morgan fingerprint density at radius 3 is 2.22 bits per heavy atom. The van der Waals surface area contributed by atoms with Crippen LogP contribution < -0.4 is 0 Å². The van der Waals surface area contributed by atoms with Crippen LogP contribution in [0.15, 0.2) is 0 Å². The Kier molecular flexibility index (Phi) is 5.36. The summed E-state index contributed by atoms with van der Waals surface area (Å²) < 4.78 is 0. The number of rotatable bonds is 2. The van der Waals surface area contributed by atoms with Gasteiger partial charge in [-0.2, -0.15) is 0 Å². The highest BCUT2D eigenvalue weighted by atomic mass is 14.9. The van der Waals surface area contributed by atoms with Crippen LogP contribution in [0.1, 0.15) is 107 Å². The van der Waals surface area contributed by atoms with Crippen molar-refractivity contribution in [3.63, 3.8) is 0 Å². The summed E-state index contributed by atoms with van der Waals surface area (Å²) in [4.78, 5) is 0. The minimum absolute atomic E-state index is 0. The molecule has 0 N–H and O–H groups in total. The van der Waals surface area contributed by atoms with E-state index in [-0.39, 0.29) is 7.43 Å². The van der Waals surface area contributed by atoms with Crippen LogP contribution in [0.5, 0.6) is 0 Å². The van der Waals surface area contributed by atoms with Gasteiger partial charge in [0.05, 0.1) is 0 Å². The van der Waals surface area contributed by atoms with Gasteiger partial charge >= 0.3 is 0 Å². The monoisotopic (exact) mass is 320 g/mol. The Bertz CT molecular complexity index is 410. The first-order chi connectivity index (χ1) is 10.5. The van der Waals surface area contributed by atoms with Gasteiger partial charge in [0, 0.05) is 0 Å². The first kappa shape index (κ1) is 19.3. The minimum atomic E-state index is 0. The molecule has 136 valence electrons. The van der Waals surface area contributed by atoms with E-state index in [2.05, 4.69) is 27.7 Å². The van der Waals surface area contributed by atoms with Crippen molar-refractivity contribution < 1.29 is 0 Å². The van der Waals surface area contributed by atoms with Gasteiger partial charge in [-0.1, -0.05) is 68.2 Å². The molecule has 4 fully saturated rings. The first-order valence-corrected chi connectivity index (χ1v) is 10.5. The van der Waals surface area contributed by atoms with E-state index in [1.54, 1.807) is 38.5 Å². The van der Waals surface area contributed by atoms with E-state index in [1.807, 2.05) is 13.8 Å². The van der Waals surface area contributed by atoms with Crippen LogP contribution in [0.2, 0.25) is 0 Å². The summed E-state index contributed by atoms with van der Waals surface area (Å²) in [5.74, 6) is 4.16. The Morgan fingerprint density at radius 1 is 0.913 bits per heavy atom. The van der Waals surface area contributed by atoms with Crippen LogP contribution in [0, 0.1) is 39.9 Å². The van der Waals surface area contributed by atoms with E-state index in [0.717, 1.165) is 34.5 Å². The van der Waals surface area contributed by atoms with E-state index >= 15 is 0 Å². The molecule has 4 saturated carbocycles. The fraction of sp³-hybridized carbons (Fsp3) is 1.00. The zero-order valence-electron chi connectivity index (χ0n) is 16.2. The van der Waals surface area contributed by atoms with Gasteiger partial charge in [-0.15, -0.1) is 0 Å². The second-order valence-corrected chi connectivity index (χ2v) is 9.27. The number of hydrogen-bond donors (Lipinski definition) is 0. The van der Waals surface area contributed by atoms with Crippen molar-refractivity contribution in [3.05, 3.63) is 0 Å². The molecule has 23 heavy (non-hydrogen) atoms. The zero-order chi connectivity index (χ0) is 16.2. The van der Waals surface area contributed by atoms with Gasteiger partial charge in [0.15, 0.2) is 0 Å². The fourth-order valence-electron chi connectivity index (χ4n) is 8.30. The summed E-state index contributed by atoms with van der Waals surface area (Å²) in [5, 5.41) is 0. The summed E-state index contributed by atoms with van der Waals surface area (Å²) in [7, 11) is 0. The highest BCUT2D eigenvalue weighted by Crippen LogP contribution is 2.90. The average Bonchev–Trinajstić information content (AvgIpc) is 2.93. The molecule has 4 rings (SSSR count). The average molecular weight is 321 g/mol.